The third-order valence-electron chi connectivity index (χ3n) is 3.96. The molecular weight excluding hydrogens is 296 g/mol. The van der Waals surface area contributed by atoms with E-state index >= 15 is 0 Å². The van der Waals surface area contributed by atoms with E-state index in [0.717, 1.165) is 12.1 Å². The second kappa shape index (κ2) is 7.02. The van der Waals surface area contributed by atoms with Gasteiger partial charge in [0.2, 0.25) is 0 Å². The second-order valence-corrected chi connectivity index (χ2v) is 5.28. The average molecular weight is 315 g/mol. The molecule has 22 heavy (non-hydrogen) atoms. The van der Waals surface area contributed by atoms with E-state index in [9.17, 15) is 18.7 Å². The number of rotatable bonds is 5. The van der Waals surface area contributed by atoms with E-state index in [-0.39, 0.29) is 24.5 Å². The highest BCUT2D eigenvalue weighted by Crippen LogP contribution is 2.26. The van der Waals surface area contributed by atoms with Gasteiger partial charge in [-0.1, -0.05) is 0 Å². The summed E-state index contributed by atoms with van der Waals surface area (Å²) in [4.78, 5) is 13.5. The molecule has 0 bridgehead atoms. The van der Waals surface area contributed by atoms with E-state index in [0.29, 0.717) is 18.9 Å². The number of nitrogens with zero attached hydrogens (tertiary/aromatic N) is 1. The summed E-state index contributed by atoms with van der Waals surface area (Å²) in [5, 5.41) is 10.1. The third kappa shape index (κ3) is 3.53. The van der Waals surface area contributed by atoms with Crippen molar-refractivity contribution in [2.45, 2.75) is 31.1 Å². The van der Waals surface area contributed by atoms with Crippen LogP contribution in [0.5, 0.6) is 5.75 Å². The summed E-state index contributed by atoms with van der Waals surface area (Å²) in [6.45, 7) is -0.389. The molecule has 1 N–H and O–H groups in total. The summed E-state index contributed by atoms with van der Waals surface area (Å²) in [6.07, 6.45) is 0.220. The van der Waals surface area contributed by atoms with E-state index < -0.39 is 23.6 Å². The molecule has 5 nitrogen and oxygen atoms in total. The van der Waals surface area contributed by atoms with Gasteiger partial charge in [-0.15, -0.1) is 0 Å². The third-order valence-corrected chi connectivity index (χ3v) is 3.96. The number of carbonyl (C=O) groups is 1. The lowest BCUT2D eigenvalue weighted by molar-refractivity contribution is -0.136. The molecule has 0 saturated heterocycles. The number of aliphatic hydroxyl groups excluding tert-OH is 1. The Balaban J connectivity index is 1.92. The molecule has 0 aromatic heterocycles. The Morgan fingerprint density at radius 1 is 1.41 bits per heavy atom. The number of carbonyl (C=O) groups excluding carboxylic acids is 1. The van der Waals surface area contributed by atoms with Crippen molar-refractivity contribution in [2.75, 3.05) is 20.8 Å². The van der Waals surface area contributed by atoms with Crippen LogP contribution in [0.4, 0.5) is 8.78 Å². The first-order chi connectivity index (χ1) is 10.4. The maximum Gasteiger partial charge on any atom is 0.260 e. The minimum Gasteiger partial charge on any atom is -0.481 e. The molecule has 1 aromatic carbocycles. The van der Waals surface area contributed by atoms with Gasteiger partial charge in [0.05, 0.1) is 12.1 Å². The molecule has 1 saturated carbocycles. The predicted molar refractivity (Wildman–Crippen MR) is 74.4 cm³/mol. The molecular formula is C15H19F2NO4. The fourth-order valence-corrected chi connectivity index (χ4v) is 2.62. The van der Waals surface area contributed by atoms with Crippen LogP contribution in [0.15, 0.2) is 18.2 Å². The van der Waals surface area contributed by atoms with E-state index in [4.69, 9.17) is 9.47 Å². The molecule has 1 amide bonds. The van der Waals surface area contributed by atoms with Gasteiger partial charge in [-0.2, -0.15) is 0 Å². The molecule has 0 radical (unpaired) electrons. The van der Waals surface area contributed by atoms with Crippen LogP contribution in [0.25, 0.3) is 0 Å². The van der Waals surface area contributed by atoms with E-state index in [1.807, 2.05) is 0 Å². The van der Waals surface area contributed by atoms with E-state index in [1.54, 1.807) is 7.05 Å². The number of aliphatic hydroxyl groups is 1. The van der Waals surface area contributed by atoms with Crippen LogP contribution >= 0.6 is 0 Å². The van der Waals surface area contributed by atoms with Crippen molar-refractivity contribution in [1.29, 1.82) is 0 Å². The zero-order chi connectivity index (χ0) is 16.3. The highest BCUT2D eigenvalue weighted by atomic mass is 19.1. The number of ether oxygens (including phenoxy) is 2. The zero-order valence-electron chi connectivity index (χ0n) is 12.5. The number of halogens is 2. The van der Waals surface area contributed by atoms with Gasteiger partial charge in [-0.25, -0.2) is 8.78 Å². The first-order valence-corrected chi connectivity index (χ1v) is 6.98. The minimum absolute atomic E-state index is 0.190. The molecule has 0 aliphatic heterocycles. The predicted octanol–water partition coefficient (Wildman–Crippen LogP) is 1.34. The Labute approximate surface area is 127 Å². The number of amides is 1. The summed E-state index contributed by atoms with van der Waals surface area (Å²) < 4.78 is 36.4. The lowest BCUT2D eigenvalue weighted by Crippen LogP contribution is -2.46. The smallest absolute Gasteiger partial charge is 0.260 e. The van der Waals surface area contributed by atoms with Crippen LogP contribution in [-0.2, 0) is 9.53 Å². The highest BCUT2D eigenvalue weighted by Gasteiger charge is 2.38. The quantitative estimate of drug-likeness (QED) is 0.891. The summed E-state index contributed by atoms with van der Waals surface area (Å²) in [5.41, 5.74) is 0. The maximum atomic E-state index is 13.4. The van der Waals surface area contributed by atoms with Crippen molar-refractivity contribution in [3.05, 3.63) is 29.8 Å². The Morgan fingerprint density at radius 2 is 2.14 bits per heavy atom. The first kappa shape index (κ1) is 16.6. The number of benzene rings is 1. The molecule has 1 aliphatic rings. The van der Waals surface area contributed by atoms with Crippen molar-refractivity contribution in [2.24, 2.45) is 0 Å². The number of hydrogen-bond donors (Lipinski definition) is 1. The molecule has 1 aliphatic carbocycles. The SMILES string of the molecule is CO[C@@H]1CC[C@@H](N(C)C(=O)COc2ccc(F)cc2F)[C@H]1O. The number of methoxy groups -OCH3 is 1. The standard InChI is InChI=1S/C15H19F2NO4/c1-18(11-4-6-13(21-2)15(11)20)14(19)8-22-12-5-3-9(16)7-10(12)17/h3,5,7,11,13,15,20H,4,6,8H2,1-2H3/t11-,13-,15-/m1/s1. The fraction of sp³-hybridized carbons (Fsp3) is 0.533. The van der Waals surface area contributed by atoms with Gasteiger partial charge in [0.15, 0.2) is 18.2 Å². The van der Waals surface area contributed by atoms with Crippen LogP contribution in [-0.4, -0.2) is 54.9 Å². The van der Waals surface area contributed by atoms with Crippen LogP contribution < -0.4 is 4.74 Å². The molecule has 0 spiro atoms. The first-order valence-electron chi connectivity index (χ1n) is 6.98. The van der Waals surface area contributed by atoms with Crippen molar-refractivity contribution in [3.63, 3.8) is 0 Å². The average Bonchev–Trinajstić information content (AvgIpc) is 2.86. The van der Waals surface area contributed by atoms with Crippen molar-refractivity contribution < 1.29 is 28.2 Å². The van der Waals surface area contributed by atoms with Crippen molar-refractivity contribution in [1.82, 2.24) is 4.90 Å². The summed E-state index contributed by atoms with van der Waals surface area (Å²) in [6, 6.07) is 2.51. The minimum atomic E-state index is -0.865. The Bertz CT molecular complexity index is 540. The highest BCUT2D eigenvalue weighted by molar-refractivity contribution is 5.78. The van der Waals surface area contributed by atoms with Gasteiger partial charge < -0.3 is 19.5 Å². The van der Waals surface area contributed by atoms with E-state index in [1.165, 1.54) is 12.0 Å². The Morgan fingerprint density at radius 3 is 2.73 bits per heavy atom. The van der Waals surface area contributed by atoms with Gasteiger partial charge >= 0.3 is 0 Å². The van der Waals surface area contributed by atoms with Crippen LogP contribution in [0.2, 0.25) is 0 Å². The van der Waals surface area contributed by atoms with Gasteiger partial charge in [0.1, 0.15) is 11.9 Å². The molecule has 1 fully saturated rings. The molecule has 0 unspecified atom stereocenters. The topological polar surface area (TPSA) is 59.0 Å². The summed E-state index contributed by atoms with van der Waals surface area (Å²) in [5.74, 6) is -2.17. The Hall–Kier alpha value is -1.73. The van der Waals surface area contributed by atoms with E-state index in [2.05, 4.69) is 0 Å². The summed E-state index contributed by atoms with van der Waals surface area (Å²) in [7, 11) is 3.07. The van der Waals surface area contributed by atoms with Gasteiger partial charge in [-0.3, -0.25) is 4.79 Å². The van der Waals surface area contributed by atoms with Crippen LogP contribution in [0.3, 0.4) is 0 Å². The largest absolute Gasteiger partial charge is 0.481 e. The molecule has 0 heterocycles. The van der Waals surface area contributed by atoms with Gasteiger partial charge in [0.25, 0.3) is 5.91 Å². The van der Waals surface area contributed by atoms with Gasteiger partial charge in [0, 0.05) is 20.2 Å². The maximum absolute atomic E-state index is 13.4. The summed E-state index contributed by atoms with van der Waals surface area (Å²) >= 11 is 0. The van der Waals surface area contributed by atoms with Crippen LogP contribution in [0, 0.1) is 11.6 Å². The Kier molecular flexibility index (Phi) is 5.31. The molecule has 7 heteroatoms. The normalized spacial score (nSPS) is 24.3. The van der Waals surface area contributed by atoms with Crippen LogP contribution in [0.1, 0.15) is 12.8 Å². The molecule has 122 valence electrons. The van der Waals surface area contributed by atoms with Gasteiger partial charge in [-0.05, 0) is 25.0 Å². The fourth-order valence-electron chi connectivity index (χ4n) is 2.62. The van der Waals surface area contributed by atoms with Crippen molar-refractivity contribution >= 4 is 5.91 Å². The lowest BCUT2D eigenvalue weighted by atomic mass is 10.2. The number of likely N-dealkylation sites (N-methyl/N-ethyl adjacent to an activating group) is 1. The lowest BCUT2D eigenvalue weighted by Gasteiger charge is -2.28. The zero-order valence-corrected chi connectivity index (χ0v) is 12.5. The molecule has 1 aromatic rings. The molecule has 3 atom stereocenters. The monoisotopic (exact) mass is 315 g/mol. The second-order valence-electron chi connectivity index (χ2n) is 5.28. The van der Waals surface area contributed by atoms with Crippen molar-refractivity contribution in [3.8, 4) is 5.75 Å². The number of hydrogen-bond acceptors (Lipinski definition) is 4. The molecule has 2 rings (SSSR count).